The van der Waals surface area contributed by atoms with Crippen molar-refractivity contribution in [2.45, 2.75) is 18.6 Å². The number of fused-ring (bicyclic) bond motifs is 1. The van der Waals surface area contributed by atoms with Crippen LogP contribution >= 0.6 is 0 Å². The Kier molecular flexibility index (Phi) is 3.13. The van der Waals surface area contributed by atoms with Gasteiger partial charge in [0.25, 0.3) is 0 Å². The standard InChI is InChI=1S/C16H16O3/c1-18-13-8-5-9-14-16(13)12(17)10-15(19-14)11-6-3-2-4-7-11/h2-9,12,15,17H,10H2,1H3/t12-,15+/m0/s1. The number of aliphatic hydroxyl groups is 1. The maximum absolute atomic E-state index is 10.3. The van der Waals surface area contributed by atoms with Crippen LogP contribution in [-0.2, 0) is 0 Å². The topological polar surface area (TPSA) is 38.7 Å². The Balaban J connectivity index is 1.97. The Bertz CT molecular complexity index is 565. The van der Waals surface area contributed by atoms with Gasteiger partial charge in [-0.2, -0.15) is 0 Å². The first-order valence-electron chi connectivity index (χ1n) is 6.36. The largest absolute Gasteiger partial charge is 0.496 e. The fourth-order valence-electron chi connectivity index (χ4n) is 2.53. The zero-order valence-electron chi connectivity index (χ0n) is 10.7. The van der Waals surface area contributed by atoms with E-state index in [4.69, 9.17) is 9.47 Å². The van der Waals surface area contributed by atoms with E-state index in [1.54, 1.807) is 7.11 Å². The predicted octanol–water partition coefficient (Wildman–Crippen LogP) is 3.25. The van der Waals surface area contributed by atoms with Crippen molar-refractivity contribution in [1.82, 2.24) is 0 Å². The number of aliphatic hydroxyl groups excluding tert-OH is 1. The lowest BCUT2D eigenvalue weighted by molar-refractivity contribution is 0.0633. The third-order valence-electron chi connectivity index (χ3n) is 3.46. The van der Waals surface area contributed by atoms with Gasteiger partial charge in [-0.15, -0.1) is 0 Å². The molecule has 0 spiro atoms. The molecule has 0 saturated carbocycles. The molecular weight excluding hydrogens is 240 g/mol. The summed E-state index contributed by atoms with van der Waals surface area (Å²) >= 11 is 0. The molecule has 0 radical (unpaired) electrons. The van der Waals surface area contributed by atoms with Gasteiger partial charge in [0.05, 0.1) is 18.8 Å². The quantitative estimate of drug-likeness (QED) is 0.896. The van der Waals surface area contributed by atoms with Crippen LogP contribution in [0.25, 0.3) is 0 Å². The van der Waals surface area contributed by atoms with E-state index in [9.17, 15) is 5.11 Å². The summed E-state index contributed by atoms with van der Waals surface area (Å²) in [5.74, 6) is 1.38. The van der Waals surface area contributed by atoms with Crippen molar-refractivity contribution in [1.29, 1.82) is 0 Å². The maximum atomic E-state index is 10.3. The van der Waals surface area contributed by atoms with Gasteiger partial charge in [0.1, 0.15) is 17.6 Å². The van der Waals surface area contributed by atoms with Gasteiger partial charge < -0.3 is 14.6 Å². The van der Waals surface area contributed by atoms with Crippen LogP contribution in [0.2, 0.25) is 0 Å². The second-order valence-electron chi connectivity index (χ2n) is 4.64. The average Bonchev–Trinajstić information content (AvgIpc) is 2.47. The zero-order valence-corrected chi connectivity index (χ0v) is 10.7. The first-order chi connectivity index (χ1) is 9.29. The lowest BCUT2D eigenvalue weighted by atomic mass is 9.94. The Hall–Kier alpha value is -2.00. The molecular formula is C16H16O3. The molecule has 0 bridgehead atoms. The highest BCUT2D eigenvalue weighted by Gasteiger charge is 2.30. The minimum atomic E-state index is -0.565. The highest BCUT2D eigenvalue weighted by Crippen LogP contribution is 2.44. The molecule has 3 heteroatoms. The summed E-state index contributed by atoms with van der Waals surface area (Å²) in [5, 5.41) is 10.3. The van der Waals surface area contributed by atoms with E-state index in [2.05, 4.69) is 0 Å². The summed E-state index contributed by atoms with van der Waals surface area (Å²) in [4.78, 5) is 0. The van der Waals surface area contributed by atoms with E-state index in [-0.39, 0.29) is 6.10 Å². The molecule has 1 N–H and O–H groups in total. The molecule has 2 atom stereocenters. The minimum Gasteiger partial charge on any atom is -0.496 e. The van der Waals surface area contributed by atoms with Gasteiger partial charge >= 0.3 is 0 Å². The van der Waals surface area contributed by atoms with E-state index < -0.39 is 6.10 Å². The monoisotopic (exact) mass is 256 g/mol. The molecule has 0 amide bonds. The van der Waals surface area contributed by atoms with Crippen LogP contribution in [0, 0.1) is 0 Å². The van der Waals surface area contributed by atoms with Gasteiger partial charge in [-0.05, 0) is 17.7 Å². The maximum Gasteiger partial charge on any atom is 0.129 e. The molecule has 2 aromatic carbocycles. The van der Waals surface area contributed by atoms with Crippen LogP contribution in [0.15, 0.2) is 48.5 Å². The molecule has 0 aromatic heterocycles. The van der Waals surface area contributed by atoms with Crippen molar-refractivity contribution in [2.24, 2.45) is 0 Å². The smallest absolute Gasteiger partial charge is 0.129 e. The van der Waals surface area contributed by atoms with Crippen LogP contribution in [-0.4, -0.2) is 12.2 Å². The molecule has 98 valence electrons. The number of benzene rings is 2. The third kappa shape index (κ3) is 2.17. The summed E-state index contributed by atoms with van der Waals surface area (Å²) in [7, 11) is 1.60. The number of hydrogen-bond donors (Lipinski definition) is 1. The fourth-order valence-corrected chi connectivity index (χ4v) is 2.53. The van der Waals surface area contributed by atoms with E-state index in [1.807, 2.05) is 48.5 Å². The lowest BCUT2D eigenvalue weighted by Crippen LogP contribution is -2.19. The highest BCUT2D eigenvalue weighted by atomic mass is 16.5. The summed E-state index contributed by atoms with van der Waals surface area (Å²) in [6.07, 6.45) is -0.141. The fraction of sp³-hybridized carbons (Fsp3) is 0.250. The van der Waals surface area contributed by atoms with Gasteiger partial charge in [-0.3, -0.25) is 0 Å². The van der Waals surface area contributed by atoms with Crippen molar-refractivity contribution < 1.29 is 14.6 Å². The molecule has 19 heavy (non-hydrogen) atoms. The van der Waals surface area contributed by atoms with Crippen LogP contribution in [0.3, 0.4) is 0 Å². The van der Waals surface area contributed by atoms with Gasteiger partial charge in [0.2, 0.25) is 0 Å². The van der Waals surface area contributed by atoms with Gasteiger partial charge in [-0.1, -0.05) is 36.4 Å². The Morgan fingerprint density at radius 1 is 1.11 bits per heavy atom. The van der Waals surface area contributed by atoms with Crippen LogP contribution < -0.4 is 9.47 Å². The summed E-state index contributed by atoms with van der Waals surface area (Å²) < 4.78 is 11.3. The van der Waals surface area contributed by atoms with Gasteiger partial charge in [0.15, 0.2) is 0 Å². The van der Waals surface area contributed by atoms with Crippen LogP contribution in [0.1, 0.15) is 29.8 Å². The van der Waals surface area contributed by atoms with Crippen molar-refractivity contribution in [3.8, 4) is 11.5 Å². The molecule has 0 aliphatic carbocycles. The van der Waals surface area contributed by atoms with Gasteiger partial charge in [0, 0.05) is 6.42 Å². The molecule has 3 rings (SSSR count). The number of methoxy groups -OCH3 is 1. The molecule has 1 aliphatic rings. The number of rotatable bonds is 2. The second kappa shape index (κ2) is 4.94. The second-order valence-corrected chi connectivity index (χ2v) is 4.64. The highest BCUT2D eigenvalue weighted by molar-refractivity contribution is 5.48. The van der Waals surface area contributed by atoms with Crippen LogP contribution in [0.4, 0.5) is 0 Å². The van der Waals surface area contributed by atoms with Crippen molar-refractivity contribution in [3.63, 3.8) is 0 Å². The van der Waals surface area contributed by atoms with Gasteiger partial charge in [-0.25, -0.2) is 0 Å². The molecule has 1 aliphatic heterocycles. The molecule has 2 aromatic rings. The van der Waals surface area contributed by atoms with E-state index in [0.29, 0.717) is 17.9 Å². The number of ether oxygens (including phenoxy) is 2. The first-order valence-corrected chi connectivity index (χ1v) is 6.36. The SMILES string of the molecule is COc1cccc2c1[C@@H](O)C[C@H](c1ccccc1)O2. The Labute approximate surface area is 112 Å². The van der Waals surface area contributed by atoms with Crippen molar-refractivity contribution in [2.75, 3.05) is 7.11 Å². The first kappa shape index (κ1) is 12.1. The summed E-state index contributed by atoms with van der Waals surface area (Å²) in [5.41, 5.74) is 1.83. The third-order valence-corrected chi connectivity index (χ3v) is 3.46. The van der Waals surface area contributed by atoms with E-state index in [1.165, 1.54) is 0 Å². The minimum absolute atomic E-state index is 0.115. The Morgan fingerprint density at radius 3 is 2.63 bits per heavy atom. The predicted molar refractivity (Wildman–Crippen MR) is 72.4 cm³/mol. The van der Waals surface area contributed by atoms with E-state index in [0.717, 1.165) is 11.1 Å². The normalized spacial score (nSPS) is 21.4. The van der Waals surface area contributed by atoms with E-state index >= 15 is 0 Å². The average molecular weight is 256 g/mol. The molecule has 1 heterocycles. The zero-order chi connectivity index (χ0) is 13.2. The Morgan fingerprint density at radius 2 is 1.89 bits per heavy atom. The summed E-state index contributed by atoms with van der Waals surface area (Å²) in [6.45, 7) is 0. The van der Waals surface area contributed by atoms with Crippen molar-refractivity contribution in [3.05, 3.63) is 59.7 Å². The van der Waals surface area contributed by atoms with Crippen molar-refractivity contribution >= 4 is 0 Å². The molecule has 0 unspecified atom stereocenters. The lowest BCUT2D eigenvalue weighted by Gasteiger charge is -2.30. The number of hydrogen-bond acceptors (Lipinski definition) is 3. The van der Waals surface area contributed by atoms with Crippen LogP contribution in [0.5, 0.6) is 11.5 Å². The molecule has 0 saturated heterocycles. The summed E-state index contributed by atoms with van der Waals surface area (Å²) in [6, 6.07) is 15.5. The molecule has 3 nitrogen and oxygen atoms in total. The molecule has 0 fully saturated rings.